The van der Waals surface area contributed by atoms with Gasteiger partial charge in [0.25, 0.3) is 0 Å². The van der Waals surface area contributed by atoms with Crippen molar-refractivity contribution in [3.8, 4) is 0 Å². The summed E-state index contributed by atoms with van der Waals surface area (Å²) in [6.07, 6.45) is 0.267. The molecule has 2 unspecified atom stereocenters. The predicted octanol–water partition coefficient (Wildman–Crippen LogP) is 1.37. The molecule has 0 amide bonds. The van der Waals surface area contributed by atoms with Crippen molar-refractivity contribution in [3.05, 3.63) is 0 Å². The fourth-order valence-electron chi connectivity index (χ4n) is 1.03. The summed E-state index contributed by atoms with van der Waals surface area (Å²) in [6.45, 7) is 8.35. The first-order chi connectivity index (χ1) is 4.54. The Morgan fingerprint density at radius 3 is 2.30 bits per heavy atom. The van der Waals surface area contributed by atoms with Crippen molar-refractivity contribution in [1.82, 2.24) is 0 Å². The van der Waals surface area contributed by atoms with Crippen LogP contribution in [-0.2, 0) is 9.31 Å². The van der Waals surface area contributed by atoms with Crippen LogP contribution in [0.5, 0.6) is 0 Å². The summed E-state index contributed by atoms with van der Waals surface area (Å²) in [5, 5.41) is 0. The molecule has 0 aromatic heterocycles. The van der Waals surface area contributed by atoms with Gasteiger partial charge in [-0.3, -0.25) is 0 Å². The van der Waals surface area contributed by atoms with Crippen LogP contribution in [0.2, 0.25) is 0 Å². The number of hydrogen-bond acceptors (Lipinski definition) is 2. The zero-order valence-electron chi connectivity index (χ0n) is 7.05. The van der Waals surface area contributed by atoms with E-state index in [1.54, 1.807) is 0 Å². The van der Waals surface area contributed by atoms with Crippen LogP contribution < -0.4 is 0 Å². The Bertz CT molecular complexity index is 125. The molecule has 1 heterocycles. The van der Waals surface area contributed by atoms with Crippen molar-refractivity contribution < 1.29 is 9.31 Å². The number of hydrogen-bond donors (Lipinski definition) is 0. The first-order valence-corrected chi connectivity index (χ1v) is 3.69. The van der Waals surface area contributed by atoms with Crippen molar-refractivity contribution in [2.45, 2.75) is 39.4 Å². The molecule has 1 fully saturated rings. The van der Waals surface area contributed by atoms with Crippen LogP contribution in [0.25, 0.3) is 0 Å². The van der Waals surface area contributed by atoms with Gasteiger partial charge in [0.05, 0.1) is 5.60 Å². The SMILES string of the molecule is CC1O[B]OC(C)(C)C1C. The second kappa shape index (κ2) is 2.55. The summed E-state index contributed by atoms with van der Waals surface area (Å²) in [5.41, 5.74) is -0.0718. The summed E-state index contributed by atoms with van der Waals surface area (Å²) in [4.78, 5) is 0. The van der Waals surface area contributed by atoms with Crippen LogP contribution in [-0.4, -0.2) is 19.4 Å². The Labute approximate surface area is 63.2 Å². The topological polar surface area (TPSA) is 18.5 Å². The van der Waals surface area contributed by atoms with Crippen LogP contribution in [0.3, 0.4) is 0 Å². The molecule has 0 saturated carbocycles. The van der Waals surface area contributed by atoms with Crippen molar-refractivity contribution in [2.75, 3.05) is 0 Å². The van der Waals surface area contributed by atoms with E-state index in [1.807, 2.05) is 0 Å². The lowest BCUT2D eigenvalue weighted by Crippen LogP contribution is -2.46. The maximum absolute atomic E-state index is 5.30. The van der Waals surface area contributed by atoms with Crippen LogP contribution in [0.1, 0.15) is 27.7 Å². The summed E-state index contributed by atoms with van der Waals surface area (Å²) >= 11 is 0. The minimum absolute atomic E-state index is 0.0718. The molecule has 2 nitrogen and oxygen atoms in total. The van der Waals surface area contributed by atoms with E-state index in [2.05, 4.69) is 27.7 Å². The molecule has 1 rings (SSSR count). The van der Waals surface area contributed by atoms with Gasteiger partial charge >= 0.3 is 7.69 Å². The van der Waals surface area contributed by atoms with E-state index < -0.39 is 0 Å². The molecular weight excluding hydrogens is 127 g/mol. The van der Waals surface area contributed by atoms with Gasteiger partial charge < -0.3 is 9.31 Å². The fraction of sp³-hybridized carbons (Fsp3) is 1.00. The Balaban J connectivity index is 2.60. The predicted molar refractivity (Wildman–Crippen MR) is 40.6 cm³/mol. The van der Waals surface area contributed by atoms with E-state index in [0.29, 0.717) is 5.92 Å². The van der Waals surface area contributed by atoms with Gasteiger partial charge in [0.2, 0.25) is 0 Å². The zero-order chi connectivity index (χ0) is 7.78. The molecule has 10 heavy (non-hydrogen) atoms. The van der Waals surface area contributed by atoms with Gasteiger partial charge in [0.1, 0.15) is 0 Å². The molecule has 0 aromatic carbocycles. The van der Waals surface area contributed by atoms with Crippen molar-refractivity contribution >= 4 is 7.69 Å². The highest BCUT2D eigenvalue weighted by Crippen LogP contribution is 2.28. The highest BCUT2D eigenvalue weighted by molar-refractivity contribution is 6.18. The lowest BCUT2D eigenvalue weighted by molar-refractivity contribution is -0.0649. The summed E-state index contributed by atoms with van der Waals surface area (Å²) in [5.74, 6) is 0.442. The molecule has 3 heteroatoms. The van der Waals surface area contributed by atoms with Gasteiger partial charge in [-0.25, -0.2) is 0 Å². The van der Waals surface area contributed by atoms with Gasteiger partial charge in [-0.05, 0) is 20.8 Å². The van der Waals surface area contributed by atoms with E-state index in [4.69, 9.17) is 9.31 Å². The zero-order valence-corrected chi connectivity index (χ0v) is 7.05. The lowest BCUT2D eigenvalue weighted by atomic mass is 9.85. The van der Waals surface area contributed by atoms with Gasteiger partial charge in [0.15, 0.2) is 0 Å². The quantitative estimate of drug-likeness (QED) is 0.474. The molecule has 1 radical (unpaired) electrons. The second-order valence-corrected chi connectivity index (χ2v) is 3.45. The normalized spacial score (nSPS) is 38.8. The minimum Gasteiger partial charge on any atom is -0.410 e. The fourth-order valence-corrected chi connectivity index (χ4v) is 1.03. The Hall–Kier alpha value is -0.0151. The van der Waals surface area contributed by atoms with Gasteiger partial charge in [-0.15, -0.1) is 0 Å². The molecular formula is C7H14BO2. The molecule has 2 atom stereocenters. The molecule has 0 N–H and O–H groups in total. The maximum Gasteiger partial charge on any atom is 0.488 e. The third-order valence-corrected chi connectivity index (χ3v) is 2.42. The first-order valence-electron chi connectivity index (χ1n) is 3.69. The van der Waals surface area contributed by atoms with Crippen LogP contribution in [0.15, 0.2) is 0 Å². The lowest BCUT2D eigenvalue weighted by Gasteiger charge is -2.40. The largest absolute Gasteiger partial charge is 0.488 e. The van der Waals surface area contributed by atoms with Crippen LogP contribution in [0.4, 0.5) is 0 Å². The van der Waals surface area contributed by atoms with Gasteiger partial charge in [0, 0.05) is 12.0 Å². The van der Waals surface area contributed by atoms with Crippen LogP contribution >= 0.6 is 0 Å². The maximum atomic E-state index is 5.30. The smallest absolute Gasteiger partial charge is 0.410 e. The molecule has 0 spiro atoms. The standard InChI is InChI=1S/C7H14BO2/c1-5-6(2)9-8-10-7(5,3)4/h5-6H,1-4H3. The van der Waals surface area contributed by atoms with Crippen molar-refractivity contribution in [3.63, 3.8) is 0 Å². The average Bonchev–Trinajstić information content (AvgIpc) is 1.83. The monoisotopic (exact) mass is 141 g/mol. The molecule has 0 aliphatic carbocycles. The summed E-state index contributed by atoms with van der Waals surface area (Å²) in [7, 11) is 1.45. The first kappa shape index (κ1) is 8.09. The third-order valence-electron chi connectivity index (χ3n) is 2.42. The van der Waals surface area contributed by atoms with Crippen molar-refractivity contribution in [1.29, 1.82) is 0 Å². The van der Waals surface area contributed by atoms with E-state index in [0.717, 1.165) is 0 Å². The molecule has 1 aliphatic heterocycles. The molecule has 57 valence electrons. The van der Waals surface area contributed by atoms with E-state index in [1.165, 1.54) is 7.69 Å². The Kier molecular flexibility index (Phi) is 2.06. The summed E-state index contributed by atoms with van der Waals surface area (Å²) < 4.78 is 10.5. The van der Waals surface area contributed by atoms with Gasteiger partial charge in [-0.2, -0.15) is 0 Å². The average molecular weight is 141 g/mol. The number of rotatable bonds is 0. The minimum atomic E-state index is -0.0718. The Morgan fingerprint density at radius 2 is 1.90 bits per heavy atom. The van der Waals surface area contributed by atoms with Crippen molar-refractivity contribution in [2.24, 2.45) is 5.92 Å². The molecule has 0 bridgehead atoms. The molecule has 0 aromatic rings. The molecule has 1 saturated heterocycles. The van der Waals surface area contributed by atoms with E-state index >= 15 is 0 Å². The molecule has 1 aliphatic rings. The van der Waals surface area contributed by atoms with E-state index in [-0.39, 0.29) is 11.7 Å². The third kappa shape index (κ3) is 1.35. The highest BCUT2D eigenvalue weighted by atomic mass is 16.6. The van der Waals surface area contributed by atoms with E-state index in [9.17, 15) is 0 Å². The Morgan fingerprint density at radius 1 is 1.30 bits per heavy atom. The second-order valence-electron chi connectivity index (χ2n) is 3.45. The highest BCUT2D eigenvalue weighted by Gasteiger charge is 2.35. The van der Waals surface area contributed by atoms with Gasteiger partial charge in [-0.1, -0.05) is 6.92 Å². The summed E-state index contributed by atoms with van der Waals surface area (Å²) in [6, 6.07) is 0. The van der Waals surface area contributed by atoms with Crippen LogP contribution in [0, 0.1) is 5.92 Å².